The third kappa shape index (κ3) is 15.4. The number of unbranched alkanes of at least 4 members (excludes halogenated alkanes) is 10. The van der Waals surface area contributed by atoms with E-state index < -0.39 is 5.31 Å². The lowest BCUT2D eigenvalue weighted by Gasteiger charge is -2.17. The van der Waals surface area contributed by atoms with E-state index in [1.54, 1.807) is 0 Å². The normalized spacial score (nSPS) is 12.0. The fourth-order valence-corrected chi connectivity index (χ4v) is 7.60. The Bertz CT molecular complexity index is 166. The van der Waals surface area contributed by atoms with E-state index >= 15 is 0 Å². The van der Waals surface area contributed by atoms with E-state index in [4.69, 9.17) is 0 Å². The Kier molecular flexibility index (Phi) is 15.0. The first-order chi connectivity index (χ1) is 9.12. The lowest BCUT2D eigenvalue weighted by molar-refractivity contribution is 0.618. The van der Waals surface area contributed by atoms with Crippen LogP contribution in [0, 0.1) is 0 Å². The third-order valence-corrected chi connectivity index (χ3v) is 10.7. The van der Waals surface area contributed by atoms with Gasteiger partial charge in [0.1, 0.15) is 0 Å². The van der Waals surface area contributed by atoms with E-state index in [1.807, 2.05) is 0 Å². The van der Waals surface area contributed by atoms with Gasteiger partial charge in [-0.25, -0.2) is 0 Å². The van der Waals surface area contributed by atoms with E-state index in [0.717, 1.165) is 0 Å². The van der Waals surface area contributed by atoms with Crippen molar-refractivity contribution in [2.24, 2.45) is 0 Å². The smallest absolute Gasteiger partial charge is 0.111 e. The van der Waals surface area contributed by atoms with Gasteiger partial charge in [0.15, 0.2) is 0 Å². The molecule has 0 spiro atoms. The van der Waals surface area contributed by atoms with Crippen molar-refractivity contribution in [1.82, 2.24) is 0 Å². The van der Waals surface area contributed by atoms with Crippen molar-refractivity contribution in [3.63, 3.8) is 0 Å². The average molecular weight is 414 g/mol. The summed E-state index contributed by atoms with van der Waals surface area (Å²) in [6.45, 7) is 4.57. The molecular weight excluding hydrogens is 380 g/mol. The van der Waals surface area contributed by atoms with Crippen molar-refractivity contribution >= 4 is 35.9 Å². The van der Waals surface area contributed by atoms with Crippen molar-refractivity contribution in [2.75, 3.05) is 0 Å². The highest BCUT2D eigenvalue weighted by Gasteiger charge is 2.24. The van der Waals surface area contributed by atoms with Crippen LogP contribution in [0.3, 0.4) is 0 Å². The maximum Gasteiger partial charge on any atom is 0.201 e. The first-order valence-corrected chi connectivity index (χ1v) is 15.4. The average Bonchev–Trinajstić information content (AvgIpc) is 2.38. The molecule has 19 heavy (non-hydrogen) atoms. The molecule has 0 radical (unpaired) electrons. The summed E-state index contributed by atoms with van der Waals surface area (Å²) in [6, 6.07) is 2.82. The van der Waals surface area contributed by atoms with Crippen molar-refractivity contribution in [2.45, 2.75) is 103 Å². The fraction of sp³-hybridized carbons (Fsp3) is 1.00. The first-order valence-electron chi connectivity index (χ1n) is 8.50. The van der Waals surface area contributed by atoms with Crippen LogP contribution in [0.5, 0.6) is 0 Å². The van der Waals surface area contributed by atoms with Gasteiger partial charge in [0.2, 0.25) is 5.31 Å². The molecule has 0 bridgehead atoms. The Morgan fingerprint density at radius 3 is 1.21 bits per heavy atom. The molecule has 0 fully saturated rings. The van der Waals surface area contributed by atoms with Crippen molar-refractivity contribution in [3.8, 4) is 0 Å². The van der Waals surface area contributed by atoms with E-state index in [-0.39, 0.29) is 0 Å². The molecule has 0 aliphatic carbocycles. The molecular formula is C16H34Br2Si. The molecule has 0 atom stereocenters. The molecule has 116 valence electrons. The van der Waals surface area contributed by atoms with Crippen LogP contribution in [0.15, 0.2) is 0 Å². The monoisotopic (exact) mass is 412 g/mol. The molecule has 0 N–H and O–H groups in total. The predicted molar refractivity (Wildman–Crippen MR) is 100.0 cm³/mol. The molecule has 0 unspecified atom stereocenters. The first kappa shape index (κ1) is 20.2. The van der Waals surface area contributed by atoms with Crippen LogP contribution in [0.4, 0.5) is 0 Å². The highest BCUT2D eigenvalue weighted by molar-refractivity contribution is 9.51. The minimum absolute atomic E-state index is 1.22. The quantitative estimate of drug-likeness (QED) is 0.154. The van der Waals surface area contributed by atoms with Crippen LogP contribution in [-0.2, 0) is 0 Å². The van der Waals surface area contributed by atoms with Gasteiger partial charge in [-0.2, -0.15) is 0 Å². The molecule has 0 saturated heterocycles. The van der Waals surface area contributed by atoms with Crippen LogP contribution in [-0.4, -0.2) is 5.31 Å². The van der Waals surface area contributed by atoms with Gasteiger partial charge >= 0.3 is 0 Å². The summed E-state index contributed by atoms with van der Waals surface area (Å²) in [4.78, 5) is 0. The molecule has 0 aromatic rings. The highest BCUT2D eigenvalue weighted by atomic mass is 79.9. The van der Waals surface area contributed by atoms with Crippen LogP contribution < -0.4 is 0 Å². The summed E-state index contributed by atoms with van der Waals surface area (Å²) in [5.41, 5.74) is 0. The maximum atomic E-state index is 4.00. The molecule has 0 rings (SSSR count). The van der Waals surface area contributed by atoms with Crippen LogP contribution in [0.1, 0.15) is 90.9 Å². The molecule has 0 heterocycles. The SMILES string of the molecule is CCCCCCCC[Si](Br)(Br)CCCCCCCC. The summed E-state index contributed by atoms with van der Waals surface area (Å²) in [5, 5.41) is -1.22. The minimum atomic E-state index is -1.22. The van der Waals surface area contributed by atoms with Gasteiger partial charge in [0.05, 0.1) is 0 Å². The zero-order valence-corrected chi connectivity index (χ0v) is 17.3. The number of halogens is 2. The van der Waals surface area contributed by atoms with Gasteiger partial charge < -0.3 is 0 Å². The van der Waals surface area contributed by atoms with Crippen molar-refractivity contribution < 1.29 is 0 Å². The molecule has 0 amide bonds. The number of rotatable bonds is 14. The van der Waals surface area contributed by atoms with Gasteiger partial charge in [-0.15, -0.1) is 30.6 Å². The zero-order chi connectivity index (χ0) is 14.4. The Morgan fingerprint density at radius 2 is 0.842 bits per heavy atom. The van der Waals surface area contributed by atoms with Crippen LogP contribution >= 0.6 is 30.6 Å². The van der Waals surface area contributed by atoms with Crippen LogP contribution in [0.25, 0.3) is 0 Å². The minimum Gasteiger partial charge on any atom is -0.111 e. The van der Waals surface area contributed by atoms with Gasteiger partial charge in [-0.1, -0.05) is 90.9 Å². The summed E-state index contributed by atoms with van der Waals surface area (Å²) in [7, 11) is 0. The topological polar surface area (TPSA) is 0 Å². The van der Waals surface area contributed by atoms with E-state index in [9.17, 15) is 0 Å². The fourth-order valence-electron chi connectivity index (χ4n) is 2.45. The number of hydrogen-bond acceptors (Lipinski definition) is 0. The van der Waals surface area contributed by atoms with E-state index in [0.29, 0.717) is 0 Å². The van der Waals surface area contributed by atoms with Gasteiger partial charge in [-0.3, -0.25) is 0 Å². The molecule has 0 aliphatic rings. The van der Waals surface area contributed by atoms with Gasteiger partial charge in [0, 0.05) is 0 Å². The zero-order valence-electron chi connectivity index (χ0n) is 13.2. The Hall–Kier alpha value is 1.18. The number of hydrogen-bond donors (Lipinski definition) is 0. The molecule has 0 nitrogen and oxygen atoms in total. The second-order valence-corrected chi connectivity index (χ2v) is 20.9. The molecule has 0 aromatic carbocycles. The summed E-state index contributed by atoms with van der Waals surface area (Å²) < 4.78 is 0. The highest BCUT2D eigenvalue weighted by Crippen LogP contribution is 2.34. The molecule has 0 saturated carbocycles. The second kappa shape index (κ2) is 14.1. The van der Waals surface area contributed by atoms with E-state index in [2.05, 4.69) is 44.4 Å². The molecule has 0 aliphatic heterocycles. The maximum absolute atomic E-state index is 4.00. The Morgan fingerprint density at radius 1 is 0.526 bits per heavy atom. The summed E-state index contributed by atoms with van der Waals surface area (Å²) in [5.74, 6) is 0. The van der Waals surface area contributed by atoms with Gasteiger partial charge in [-0.05, 0) is 12.1 Å². The summed E-state index contributed by atoms with van der Waals surface area (Å²) >= 11 is 8.01. The van der Waals surface area contributed by atoms with Crippen molar-refractivity contribution in [1.29, 1.82) is 0 Å². The lowest BCUT2D eigenvalue weighted by Crippen LogP contribution is -2.16. The Labute approximate surface area is 138 Å². The standard InChI is InChI=1S/C16H34Br2Si/c1-3-5-7-9-11-13-15-19(17,18)16-14-12-10-8-6-4-2/h3-16H2,1-2H3. The van der Waals surface area contributed by atoms with E-state index in [1.165, 1.54) is 89.1 Å². The van der Waals surface area contributed by atoms with Crippen molar-refractivity contribution in [3.05, 3.63) is 0 Å². The second-order valence-electron chi connectivity index (χ2n) is 5.89. The Balaban J connectivity index is 3.36. The molecule has 3 heteroatoms. The summed E-state index contributed by atoms with van der Waals surface area (Å²) in [6.07, 6.45) is 17.0. The van der Waals surface area contributed by atoms with Gasteiger partial charge in [0.25, 0.3) is 0 Å². The van der Waals surface area contributed by atoms with Crippen LogP contribution in [0.2, 0.25) is 12.1 Å². The predicted octanol–water partition coefficient (Wildman–Crippen LogP) is 7.94. The lowest BCUT2D eigenvalue weighted by atomic mass is 10.1. The third-order valence-electron chi connectivity index (χ3n) is 3.79. The largest absolute Gasteiger partial charge is 0.201 e. The molecule has 0 aromatic heterocycles.